The standard InChI is InChI=1S/C19H30O/c1-12(11-19(6,7)8)9-17(20)18-15(4)13(2)10-14(3)16(18)5/h10,12H,9,11H2,1-8H3. The highest BCUT2D eigenvalue weighted by atomic mass is 16.1. The molecule has 0 spiro atoms. The zero-order chi connectivity index (χ0) is 15.7. The molecular formula is C19H30O. The molecule has 112 valence electrons. The van der Waals surface area contributed by atoms with Crippen LogP contribution in [0.4, 0.5) is 0 Å². The second kappa shape index (κ2) is 6.11. The fourth-order valence-corrected chi connectivity index (χ4v) is 3.17. The molecule has 1 rings (SSSR count). The molecule has 1 atom stereocenters. The molecule has 0 radical (unpaired) electrons. The van der Waals surface area contributed by atoms with Crippen LogP contribution in [0, 0.1) is 39.0 Å². The van der Waals surface area contributed by atoms with Gasteiger partial charge in [0, 0.05) is 12.0 Å². The number of Topliss-reactive ketones (excluding diaryl/α,β-unsaturated/α-hetero) is 1. The van der Waals surface area contributed by atoms with Gasteiger partial charge in [0.2, 0.25) is 0 Å². The normalized spacial score (nSPS) is 13.4. The highest BCUT2D eigenvalue weighted by Crippen LogP contribution is 2.29. The Hall–Kier alpha value is -1.11. The van der Waals surface area contributed by atoms with Crippen LogP contribution in [0.25, 0.3) is 0 Å². The van der Waals surface area contributed by atoms with Crippen molar-refractivity contribution in [1.82, 2.24) is 0 Å². The Balaban J connectivity index is 2.99. The molecule has 1 aromatic rings. The predicted octanol–water partition coefficient (Wildman–Crippen LogP) is 5.57. The average Bonchev–Trinajstić information content (AvgIpc) is 2.23. The van der Waals surface area contributed by atoms with E-state index in [1.165, 1.54) is 11.1 Å². The third-order valence-corrected chi connectivity index (χ3v) is 4.14. The fraction of sp³-hybridized carbons (Fsp3) is 0.632. The summed E-state index contributed by atoms with van der Waals surface area (Å²) in [4.78, 5) is 12.7. The first-order chi connectivity index (χ1) is 9.03. The Morgan fingerprint density at radius 2 is 1.50 bits per heavy atom. The number of aryl methyl sites for hydroxylation is 2. The zero-order valence-electron chi connectivity index (χ0n) is 14.5. The first-order valence-corrected chi connectivity index (χ1v) is 7.63. The lowest BCUT2D eigenvalue weighted by molar-refractivity contribution is 0.0953. The summed E-state index contributed by atoms with van der Waals surface area (Å²) in [6, 6.07) is 2.18. The van der Waals surface area contributed by atoms with E-state index in [4.69, 9.17) is 0 Å². The maximum Gasteiger partial charge on any atom is 0.163 e. The van der Waals surface area contributed by atoms with E-state index in [2.05, 4.69) is 61.5 Å². The van der Waals surface area contributed by atoms with Gasteiger partial charge in [-0.15, -0.1) is 0 Å². The molecule has 1 nitrogen and oxygen atoms in total. The molecule has 0 bridgehead atoms. The molecule has 0 aliphatic carbocycles. The van der Waals surface area contributed by atoms with Crippen LogP contribution < -0.4 is 0 Å². The Labute approximate surface area is 124 Å². The van der Waals surface area contributed by atoms with Crippen molar-refractivity contribution >= 4 is 5.78 Å². The highest BCUT2D eigenvalue weighted by molar-refractivity contribution is 5.99. The van der Waals surface area contributed by atoms with Gasteiger partial charge in [0.1, 0.15) is 0 Å². The third-order valence-electron chi connectivity index (χ3n) is 4.14. The monoisotopic (exact) mass is 274 g/mol. The molecule has 0 saturated heterocycles. The molecule has 0 aromatic heterocycles. The van der Waals surface area contributed by atoms with E-state index in [1.807, 2.05) is 0 Å². The number of ketones is 1. The molecular weight excluding hydrogens is 244 g/mol. The van der Waals surface area contributed by atoms with Gasteiger partial charge in [0.05, 0.1) is 0 Å². The summed E-state index contributed by atoms with van der Waals surface area (Å²) in [5.74, 6) is 0.741. The maximum absolute atomic E-state index is 12.7. The minimum Gasteiger partial charge on any atom is -0.294 e. The molecule has 0 saturated carbocycles. The molecule has 1 unspecified atom stereocenters. The number of carbonyl (C=O) groups is 1. The van der Waals surface area contributed by atoms with Gasteiger partial charge in [0.25, 0.3) is 0 Å². The van der Waals surface area contributed by atoms with Crippen LogP contribution in [0.1, 0.15) is 73.1 Å². The topological polar surface area (TPSA) is 17.1 Å². The van der Waals surface area contributed by atoms with Crippen LogP contribution in [0.3, 0.4) is 0 Å². The van der Waals surface area contributed by atoms with Crippen molar-refractivity contribution in [3.8, 4) is 0 Å². The molecule has 0 N–H and O–H groups in total. The Morgan fingerprint density at radius 3 is 1.90 bits per heavy atom. The number of rotatable bonds is 4. The van der Waals surface area contributed by atoms with Crippen LogP contribution >= 0.6 is 0 Å². The van der Waals surface area contributed by atoms with Gasteiger partial charge >= 0.3 is 0 Å². The largest absolute Gasteiger partial charge is 0.294 e. The molecule has 20 heavy (non-hydrogen) atoms. The number of hydrogen-bond acceptors (Lipinski definition) is 1. The summed E-state index contributed by atoms with van der Waals surface area (Å²) in [6.07, 6.45) is 1.74. The minimum atomic E-state index is 0.284. The number of benzene rings is 1. The zero-order valence-corrected chi connectivity index (χ0v) is 14.5. The lowest BCUT2D eigenvalue weighted by Crippen LogP contribution is -2.16. The van der Waals surface area contributed by atoms with Crippen molar-refractivity contribution in [2.75, 3.05) is 0 Å². The van der Waals surface area contributed by atoms with Gasteiger partial charge in [0.15, 0.2) is 5.78 Å². The SMILES string of the molecule is Cc1cc(C)c(C)c(C(=O)CC(C)CC(C)(C)C)c1C. The number of carbonyl (C=O) groups excluding carboxylic acids is 1. The third kappa shape index (κ3) is 4.19. The molecule has 0 aliphatic rings. The van der Waals surface area contributed by atoms with E-state index in [0.717, 1.165) is 23.1 Å². The van der Waals surface area contributed by atoms with E-state index in [-0.39, 0.29) is 5.41 Å². The summed E-state index contributed by atoms with van der Waals surface area (Å²) in [5.41, 5.74) is 6.00. The summed E-state index contributed by atoms with van der Waals surface area (Å²) < 4.78 is 0. The van der Waals surface area contributed by atoms with Crippen molar-refractivity contribution in [2.24, 2.45) is 11.3 Å². The predicted molar refractivity (Wildman–Crippen MR) is 87.6 cm³/mol. The first-order valence-electron chi connectivity index (χ1n) is 7.63. The summed E-state index contributed by atoms with van der Waals surface area (Å²) >= 11 is 0. The molecule has 1 aromatic carbocycles. The van der Waals surface area contributed by atoms with Crippen LogP contribution in [-0.2, 0) is 0 Å². The van der Waals surface area contributed by atoms with Crippen molar-refractivity contribution in [1.29, 1.82) is 0 Å². The Morgan fingerprint density at radius 1 is 1.05 bits per heavy atom. The van der Waals surface area contributed by atoms with Crippen molar-refractivity contribution in [3.05, 3.63) is 33.9 Å². The van der Waals surface area contributed by atoms with Gasteiger partial charge in [-0.2, -0.15) is 0 Å². The second-order valence-electron chi connectivity index (χ2n) is 7.63. The van der Waals surface area contributed by atoms with Crippen LogP contribution in [0.5, 0.6) is 0 Å². The lowest BCUT2D eigenvalue weighted by atomic mass is 9.81. The van der Waals surface area contributed by atoms with E-state index in [0.29, 0.717) is 18.1 Å². The smallest absolute Gasteiger partial charge is 0.163 e. The minimum absolute atomic E-state index is 0.284. The molecule has 0 heterocycles. The van der Waals surface area contributed by atoms with Gasteiger partial charge in [-0.05, 0) is 67.7 Å². The Kier molecular flexibility index (Phi) is 5.18. The van der Waals surface area contributed by atoms with Gasteiger partial charge < -0.3 is 0 Å². The van der Waals surface area contributed by atoms with Gasteiger partial charge in [-0.1, -0.05) is 33.8 Å². The second-order valence-corrected chi connectivity index (χ2v) is 7.63. The van der Waals surface area contributed by atoms with Gasteiger partial charge in [-0.3, -0.25) is 4.79 Å². The number of hydrogen-bond donors (Lipinski definition) is 0. The van der Waals surface area contributed by atoms with Crippen LogP contribution in [-0.4, -0.2) is 5.78 Å². The first kappa shape index (κ1) is 16.9. The van der Waals surface area contributed by atoms with Crippen molar-refractivity contribution in [2.45, 2.75) is 68.2 Å². The van der Waals surface area contributed by atoms with Gasteiger partial charge in [-0.25, -0.2) is 0 Å². The highest BCUT2D eigenvalue weighted by Gasteiger charge is 2.21. The molecule has 0 aliphatic heterocycles. The average molecular weight is 274 g/mol. The summed E-state index contributed by atoms with van der Waals surface area (Å²) in [6.45, 7) is 17.2. The van der Waals surface area contributed by atoms with Crippen molar-refractivity contribution in [3.63, 3.8) is 0 Å². The molecule has 1 heteroatoms. The quantitative estimate of drug-likeness (QED) is 0.656. The van der Waals surface area contributed by atoms with E-state index >= 15 is 0 Å². The summed E-state index contributed by atoms with van der Waals surface area (Å²) in [7, 11) is 0. The van der Waals surface area contributed by atoms with E-state index in [9.17, 15) is 4.79 Å². The maximum atomic E-state index is 12.7. The van der Waals surface area contributed by atoms with Crippen LogP contribution in [0.15, 0.2) is 6.07 Å². The van der Waals surface area contributed by atoms with E-state index < -0.39 is 0 Å². The molecule has 0 amide bonds. The van der Waals surface area contributed by atoms with E-state index in [1.54, 1.807) is 0 Å². The fourth-order valence-electron chi connectivity index (χ4n) is 3.17. The summed E-state index contributed by atoms with van der Waals surface area (Å²) in [5, 5.41) is 0. The van der Waals surface area contributed by atoms with Crippen molar-refractivity contribution < 1.29 is 4.79 Å². The van der Waals surface area contributed by atoms with Crippen LogP contribution in [0.2, 0.25) is 0 Å². The Bertz CT molecular complexity index is 477. The molecule has 0 fully saturated rings. The lowest BCUT2D eigenvalue weighted by Gasteiger charge is -2.23.